The van der Waals surface area contributed by atoms with Crippen LogP contribution in [0.5, 0.6) is 5.75 Å². The van der Waals surface area contributed by atoms with E-state index in [1.54, 1.807) is 28.8 Å². The summed E-state index contributed by atoms with van der Waals surface area (Å²) in [6.07, 6.45) is 6.36. The number of nitrogens with one attached hydrogen (secondary N) is 1. The van der Waals surface area contributed by atoms with Crippen LogP contribution in [0.4, 0.5) is 5.69 Å². The number of carbonyl (C=O) groups is 1. The number of sulfonamides is 1. The number of amides is 1. The first-order chi connectivity index (χ1) is 12.8. The van der Waals surface area contributed by atoms with Crippen LogP contribution in [0, 0.1) is 0 Å². The molecule has 9 nitrogen and oxygen atoms in total. The van der Waals surface area contributed by atoms with Gasteiger partial charge in [0, 0.05) is 31.2 Å². The van der Waals surface area contributed by atoms with Gasteiger partial charge in [-0.05, 0) is 24.3 Å². The number of hydrogen-bond donors (Lipinski definition) is 1. The van der Waals surface area contributed by atoms with Gasteiger partial charge in [-0.2, -0.15) is 4.31 Å². The number of hydrogen-bond acceptors (Lipinski definition) is 6. The number of methoxy groups -OCH3 is 1. The Morgan fingerprint density at radius 2 is 2.15 bits per heavy atom. The molecule has 0 unspecified atom stereocenters. The van der Waals surface area contributed by atoms with E-state index in [2.05, 4.69) is 15.3 Å². The first-order valence-corrected chi connectivity index (χ1v) is 9.82. The van der Waals surface area contributed by atoms with Gasteiger partial charge in [0.25, 0.3) is 0 Å². The van der Waals surface area contributed by atoms with Gasteiger partial charge in [-0.3, -0.25) is 9.20 Å². The van der Waals surface area contributed by atoms with E-state index in [0.717, 1.165) is 16.1 Å². The summed E-state index contributed by atoms with van der Waals surface area (Å²) in [5.74, 6) is 0.537. The van der Waals surface area contributed by atoms with Crippen LogP contribution in [-0.4, -0.2) is 60.0 Å². The summed E-state index contributed by atoms with van der Waals surface area (Å²) >= 11 is 0. The molecule has 3 aromatic rings. The average molecular weight is 389 g/mol. The molecule has 0 aliphatic heterocycles. The molecule has 3 rings (SSSR count). The number of anilines is 1. The summed E-state index contributed by atoms with van der Waals surface area (Å²) < 4.78 is 31.0. The largest absolute Gasteiger partial charge is 0.495 e. The number of nitrogens with zero attached hydrogens (tertiary/aromatic N) is 4. The van der Waals surface area contributed by atoms with E-state index in [1.807, 2.05) is 18.5 Å². The topological polar surface area (TPSA) is 106 Å². The second-order valence-corrected chi connectivity index (χ2v) is 8.02. The lowest BCUT2D eigenvalue weighted by atomic mass is 10.1. The zero-order chi connectivity index (χ0) is 19.6. The quantitative estimate of drug-likeness (QED) is 0.680. The van der Waals surface area contributed by atoms with E-state index in [4.69, 9.17) is 4.74 Å². The number of aromatic nitrogens is 3. The number of fused-ring (bicyclic) bond motifs is 1. The molecule has 0 saturated carbocycles. The monoisotopic (exact) mass is 389 g/mol. The minimum Gasteiger partial charge on any atom is -0.495 e. The van der Waals surface area contributed by atoms with Gasteiger partial charge >= 0.3 is 0 Å². The number of carbonyl (C=O) groups excluding carboxylic acids is 1. The Kier molecular flexibility index (Phi) is 5.10. The minimum atomic E-state index is -3.45. The fourth-order valence-corrected chi connectivity index (χ4v) is 2.80. The van der Waals surface area contributed by atoms with E-state index in [0.29, 0.717) is 22.9 Å². The minimum absolute atomic E-state index is 0.301. The van der Waals surface area contributed by atoms with Crippen LogP contribution in [0.25, 0.3) is 17.0 Å². The fourth-order valence-electron chi connectivity index (χ4n) is 2.44. The normalized spacial score (nSPS) is 11.7. The number of likely N-dealkylation sites (N-methyl/N-ethyl adjacent to an activating group) is 1. The molecule has 27 heavy (non-hydrogen) atoms. The molecular weight excluding hydrogens is 370 g/mol. The lowest BCUT2D eigenvalue weighted by Crippen LogP contribution is -2.34. The molecule has 2 heterocycles. The number of benzene rings is 1. The Bertz CT molecular complexity index is 1060. The molecule has 0 aliphatic rings. The highest BCUT2D eigenvalue weighted by Gasteiger charge is 2.17. The zero-order valence-electron chi connectivity index (χ0n) is 15.1. The maximum absolute atomic E-state index is 12.2. The molecule has 0 saturated heterocycles. The van der Waals surface area contributed by atoms with E-state index in [-0.39, 0.29) is 6.54 Å². The molecule has 1 aromatic carbocycles. The van der Waals surface area contributed by atoms with Crippen molar-refractivity contribution in [2.75, 3.05) is 32.3 Å². The molecular formula is C17H19N5O4S. The Hall–Kier alpha value is -2.98. The van der Waals surface area contributed by atoms with Crippen LogP contribution >= 0.6 is 0 Å². The smallest absolute Gasteiger partial charge is 0.239 e. The van der Waals surface area contributed by atoms with Crippen molar-refractivity contribution in [3.63, 3.8) is 0 Å². The predicted octanol–water partition coefficient (Wildman–Crippen LogP) is 1.23. The third kappa shape index (κ3) is 4.23. The molecule has 0 spiro atoms. The van der Waals surface area contributed by atoms with Gasteiger partial charge in [0.1, 0.15) is 5.75 Å². The third-order valence-electron chi connectivity index (χ3n) is 3.94. The predicted molar refractivity (Wildman–Crippen MR) is 101 cm³/mol. The van der Waals surface area contributed by atoms with Crippen LogP contribution in [-0.2, 0) is 14.8 Å². The van der Waals surface area contributed by atoms with E-state index >= 15 is 0 Å². The summed E-state index contributed by atoms with van der Waals surface area (Å²) in [4.78, 5) is 20.9. The number of imidazole rings is 1. The van der Waals surface area contributed by atoms with E-state index in [1.165, 1.54) is 14.2 Å². The Morgan fingerprint density at radius 1 is 1.37 bits per heavy atom. The molecule has 10 heteroatoms. The molecule has 0 bridgehead atoms. The SMILES string of the molecule is COc1ccc(-c2cn3cccnc3n2)cc1NC(=O)CN(C)S(C)(=O)=O. The molecule has 0 radical (unpaired) electrons. The first-order valence-electron chi connectivity index (χ1n) is 7.97. The van der Waals surface area contributed by atoms with Gasteiger partial charge in [0.15, 0.2) is 0 Å². The van der Waals surface area contributed by atoms with Crippen molar-refractivity contribution in [1.29, 1.82) is 0 Å². The van der Waals surface area contributed by atoms with Gasteiger partial charge in [0.05, 0.1) is 31.3 Å². The lowest BCUT2D eigenvalue weighted by molar-refractivity contribution is -0.116. The third-order valence-corrected chi connectivity index (χ3v) is 5.20. The fraction of sp³-hybridized carbons (Fsp3) is 0.235. The van der Waals surface area contributed by atoms with E-state index < -0.39 is 15.9 Å². The molecule has 0 fully saturated rings. The molecule has 1 N–H and O–H groups in total. The highest BCUT2D eigenvalue weighted by molar-refractivity contribution is 7.88. The summed E-state index contributed by atoms with van der Waals surface area (Å²) in [5, 5.41) is 2.69. The zero-order valence-corrected chi connectivity index (χ0v) is 15.9. The standard InChI is InChI=1S/C17H19N5O4S/c1-21(27(3,24)25)11-16(23)19-13-9-12(5-6-15(13)26-2)14-10-22-8-4-7-18-17(22)20-14/h4-10H,11H2,1-3H3,(H,19,23). The van der Waals surface area contributed by atoms with Crippen molar-refractivity contribution in [2.45, 2.75) is 0 Å². The second kappa shape index (κ2) is 7.33. The maximum Gasteiger partial charge on any atom is 0.239 e. The van der Waals surface area contributed by atoms with Crippen molar-refractivity contribution in [1.82, 2.24) is 18.7 Å². The van der Waals surface area contributed by atoms with Gasteiger partial charge in [0.2, 0.25) is 21.7 Å². The van der Waals surface area contributed by atoms with Gasteiger partial charge in [-0.25, -0.2) is 18.4 Å². The summed E-state index contributed by atoms with van der Waals surface area (Å²) in [7, 11) is -0.623. The molecule has 142 valence electrons. The Morgan fingerprint density at radius 3 is 2.81 bits per heavy atom. The Balaban J connectivity index is 1.88. The van der Waals surface area contributed by atoms with Crippen LogP contribution in [0.3, 0.4) is 0 Å². The van der Waals surface area contributed by atoms with Crippen molar-refractivity contribution in [3.8, 4) is 17.0 Å². The molecule has 0 atom stereocenters. The summed E-state index contributed by atoms with van der Waals surface area (Å²) in [5.41, 5.74) is 1.86. The van der Waals surface area contributed by atoms with Crippen LogP contribution in [0.15, 0.2) is 42.9 Å². The first kappa shape index (κ1) is 18.8. The molecule has 0 aliphatic carbocycles. The molecule has 1 amide bonds. The lowest BCUT2D eigenvalue weighted by Gasteiger charge is -2.15. The highest BCUT2D eigenvalue weighted by atomic mass is 32.2. The van der Waals surface area contributed by atoms with Crippen molar-refractivity contribution in [2.24, 2.45) is 0 Å². The maximum atomic E-state index is 12.2. The van der Waals surface area contributed by atoms with Gasteiger partial charge in [-0.15, -0.1) is 0 Å². The highest BCUT2D eigenvalue weighted by Crippen LogP contribution is 2.30. The van der Waals surface area contributed by atoms with Gasteiger partial charge < -0.3 is 10.1 Å². The average Bonchev–Trinajstić information content (AvgIpc) is 3.05. The summed E-state index contributed by atoms with van der Waals surface area (Å²) in [6.45, 7) is -0.301. The van der Waals surface area contributed by atoms with Crippen LogP contribution < -0.4 is 10.1 Å². The molecule has 2 aromatic heterocycles. The number of ether oxygens (including phenoxy) is 1. The summed E-state index contributed by atoms with van der Waals surface area (Å²) in [6, 6.07) is 7.05. The van der Waals surface area contributed by atoms with E-state index in [9.17, 15) is 13.2 Å². The van der Waals surface area contributed by atoms with Crippen LogP contribution in [0.1, 0.15) is 0 Å². The van der Waals surface area contributed by atoms with Crippen molar-refractivity contribution >= 4 is 27.4 Å². The van der Waals surface area contributed by atoms with Crippen LogP contribution in [0.2, 0.25) is 0 Å². The second-order valence-electron chi connectivity index (χ2n) is 5.94. The van der Waals surface area contributed by atoms with Crippen molar-refractivity contribution in [3.05, 3.63) is 42.9 Å². The number of rotatable bonds is 6. The van der Waals surface area contributed by atoms with Crippen molar-refractivity contribution < 1.29 is 17.9 Å². The van der Waals surface area contributed by atoms with Gasteiger partial charge in [-0.1, -0.05) is 0 Å². The Labute approximate surface area is 156 Å².